The van der Waals surface area contributed by atoms with Crippen LogP contribution in [0.4, 0.5) is 0 Å². The number of ketones is 1. The van der Waals surface area contributed by atoms with Crippen LogP contribution in [0.3, 0.4) is 0 Å². The first-order chi connectivity index (χ1) is 9.32. The van der Waals surface area contributed by atoms with Gasteiger partial charge in [-0.05, 0) is 67.4 Å². The molecule has 0 saturated carbocycles. The Bertz CT molecular complexity index is 631. The van der Waals surface area contributed by atoms with E-state index in [2.05, 4.69) is 39.8 Å². The molecule has 3 rings (SSSR count). The number of benzene rings is 1. The molecule has 2 aliphatic carbocycles. The average molecular weight is 268 g/mol. The largest absolute Gasteiger partial charge is 0.295 e. The quantitative estimate of drug-likeness (QED) is 0.650. The SMILES string of the molecule is CC(=O)c1cc2c(cc1C)C1=C(CC[C@H](C)C1)C2(C)C. The van der Waals surface area contributed by atoms with Gasteiger partial charge >= 0.3 is 0 Å². The van der Waals surface area contributed by atoms with Gasteiger partial charge in [0.1, 0.15) is 0 Å². The van der Waals surface area contributed by atoms with Crippen LogP contribution in [0.5, 0.6) is 0 Å². The number of carbonyl (C=O) groups is 1. The van der Waals surface area contributed by atoms with Gasteiger partial charge in [0.25, 0.3) is 0 Å². The number of Topliss-reactive ketones (excluding diaryl/α,β-unsaturated/α-hetero) is 1. The zero-order valence-electron chi connectivity index (χ0n) is 13.3. The van der Waals surface area contributed by atoms with Crippen molar-refractivity contribution >= 4 is 11.4 Å². The molecule has 0 heterocycles. The van der Waals surface area contributed by atoms with Gasteiger partial charge in [-0.25, -0.2) is 0 Å². The summed E-state index contributed by atoms with van der Waals surface area (Å²) >= 11 is 0. The normalized spacial score (nSPS) is 23.6. The summed E-state index contributed by atoms with van der Waals surface area (Å²) in [4.78, 5) is 11.8. The monoisotopic (exact) mass is 268 g/mol. The minimum Gasteiger partial charge on any atom is -0.295 e. The Morgan fingerprint density at radius 1 is 1.30 bits per heavy atom. The van der Waals surface area contributed by atoms with Crippen LogP contribution in [0.2, 0.25) is 0 Å². The third-order valence-corrected chi connectivity index (χ3v) is 5.30. The Balaban J connectivity index is 2.22. The highest BCUT2D eigenvalue weighted by Gasteiger charge is 2.39. The van der Waals surface area contributed by atoms with Crippen molar-refractivity contribution in [2.45, 2.75) is 59.3 Å². The molecule has 0 N–H and O–H groups in total. The molecule has 0 radical (unpaired) electrons. The lowest BCUT2D eigenvalue weighted by atomic mass is 9.75. The third-order valence-electron chi connectivity index (χ3n) is 5.30. The molecule has 1 atom stereocenters. The van der Waals surface area contributed by atoms with E-state index in [1.165, 1.54) is 30.4 Å². The second kappa shape index (κ2) is 4.31. The number of hydrogen-bond acceptors (Lipinski definition) is 1. The van der Waals surface area contributed by atoms with Crippen LogP contribution in [0, 0.1) is 12.8 Å². The maximum Gasteiger partial charge on any atom is 0.160 e. The lowest BCUT2D eigenvalue weighted by Gasteiger charge is -2.29. The van der Waals surface area contributed by atoms with E-state index in [9.17, 15) is 4.79 Å². The number of rotatable bonds is 1. The fourth-order valence-corrected chi connectivity index (χ4v) is 4.09. The summed E-state index contributed by atoms with van der Waals surface area (Å²) < 4.78 is 0. The highest BCUT2D eigenvalue weighted by atomic mass is 16.1. The van der Waals surface area contributed by atoms with Crippen molar-refractivity contribution in [2.75, 3.05) is 0 Å². The van der Waals surface area contributed by atoms with Crippen molar-refractivity contribution in [3.05, 3.63) is 40.0 Å². The summed E-state index contributed by atoms with van der Waals surface area (Å²) in [6.07, 6.45) is 3.71. The second-order valence-corrected chi connectivity index (χ2v) is 7.20. The second-order valence-electron chi connectivity index (χ2n) is 7.20. The molecule has 1 heteroatoms. The summed E-state index contributed by atoms with van der Waals surface area (Å²) in [6.45, 7) is 10.7. The predicted octanol–water partition coefficient (Wildman–Crippen LogP) is 5.06. The summed E-state index contributed by atoms with van der Waals surface area (Å²) in [6, 6.07) is 4.42. The Morgan fingerprint density at radius 2 is 2.00 bits per heavy atom. The molecule has 0 bridgehead atoms. The first-order valence-corrected chi connectivity index (χ1v) is 7.71. The van der Waals surface area contributed by atoms with Crippen LogP contribution in [0.15, 0.2) is 17.7 Å². The fourth-order valence-electron chi connectivity index (χ4n) is 4.09. The molecule has 0 unspecified atom stereocenters. The van der Waals surface area contributed by atoms with Gasteiger partial charge in [-0.1, -0.05) is 32.4 Å². The van der Waals surface area contributed by atoms with Crippen molar-refractivity contribution < 1.29 is 4.79 Å². The molecule has 0 fully saturated rings. The Labute approximate surface area is 122 Å². The molecule has 1 aromatic rings. The number of allylic oxidation sites excluding steroid dienone is 2. The zero-order chi connectivity index (χ0) is 14.7. The van der Waals surface area contributed by atoms with E-state index in [-0.39, 0.29) is 11.2 Å². The molecule has 2 aliphatic rings. The first kappa shape index (κ1) is 13.6. The van der Waals surface area contributed by atoms with Crippen molar-refractivity contribution in [1.29, 1.82) is 0 Å². The van der Waals surface area contributed by atoms with E-state index in [0.717, 1.165) is 17.0 Å². The number of fused-ring (bicyclic) bond motifs is 2. The van der Waals surface area contributed by atoms with E-state index in [1.807, 2.05) is 0 Å². The average Bonchev–Trinajstić information content (AvgIpc) is 2.56. The van der Waals surface area contributed by atoms with Crippen LogP contribution < -0.4 is 0 Å². The van der Waals surface area contributed by atoms with Crippen molar-refractivity contribution in [2.24, 2.45) is 5.92 Å². The van der Waals surface area contributed by atoms with E-state index in [4.69, 9.17) is 0 Å². The van der Waals surface area contributed by atoms with Crippen LogP contribution in [0.1, 0.15) is 74.0 Å². The van der Waals surface area contributed by atoms with Gasteiger partial charge in [0.05, 0.1) is 0 Å². The standard InChI is InChI=1S/C19H24O/c1-11-6-7-17-15(8-11)16-9-12(2)14(13(3)20)10-18(16)19(17,4)5/h9-11H,6-8H2,1-5H3/t11-/m0/s1. The predicted molar refractivity (Wildman–Crippen MR) is 84.1 cm³/mol. The highest BCUT2D eigenvalue weighted by Crippen LogP contribution is 2.53. The summed E-state index contributed by atoms with van der Waals surface area (Å²) in [5.74, 6) is 0.961. The van der Waals surface area contributed by atoms with Crippen molar-refractivity contribution in [1.82, 2.24) is 0 Å². The van der Waals surface area contributed by atoms with E-state index in [0.29, 0.717) is 0 Å². The Hall–Kier alpha value is -1.37. The summed E-state index contributed by atoms with van der Waals surface area (Å²) in [5, 5.41) is 0. The molecule has 20 heavy (non-hydrogen) atoms. The molecule has 0 spiro atoms. The van der Waals surface area contributed by atoms with Gasteiger partial charge in [-0.3, -0.25) is 4.79 Å². The molecular formula is C19H24O. The zero-order valence-corrected chi connectivity index (χ0v) is 13.3. The van der Waals surface area contributed by atoms with Crippen molar-refractivity contribution in [3.63, 3.8) is 0 Å². The third kappa shape index (κ3) is 1.79. The fraction of sp³-hybridized carbons (Fsp3) is 0.526. The Morgan fingerprint density at radius 3 is 2.65 bits per heavy atom. The Kier molecular flexibility index (Phi) is 2.93. The van der Waals surface area contributed by atoms with Gasteiger partial charge < -0.3 is 0 Å². The molecular weight excluding hydrogens is 244 g/mol. The van der Waals surface area contributed by atoms with E-state index >= 15 is 0 Å². The highest BCUT2D eigenvalue weighted by molar-refractivity contribution is 5.97. The summed E-state index contributed by atoms with van der Waals surface area (Å²) in [5.41, 5.74) is 8.09. The number of aryl methyl sites for hydroxylation is 1. The van der Waals surface area contributed by atoms with Crippen LogP contribution in [-0.2, 0) is 5.41 Å². The first-order valence-electron chi connectivity index (χ1n) is 7.71. The van der Waals surface area contributed by atoms with Gasteiger partial charge in [0.2, 0.25) is 0 Å². The molecule has 106 valence electrons. The molecule has 1 aromatic carbocycles. The van der Waals surface area contributed by atoms with Gasteiger partial charge in [0, 0.05) is 11.0 Å². The molecule has 1 nitrogen and oxygen atoms in total. The van der Waals surface area contributed by atoms with Crippen LogP contribution in [0.25, 0.3) is 5.57 Å². The molecule has 0 saturated heterocycles. The molecule has 0 amide bonds. The van der Waals surface area contributed by atoms with Crippen molar-refractivity contribution in [3.8, 4) is 0 Å². The minimum atomic E-state index is 0.0999. The topological polar surface area (TPSA) is 17.1 Å². The smallest absolute Gasteiger partial charge is 0.160 e. The molecule has 0 aromatic heterocycles. The van der Waals surface area contributed by atoms with Gasteiger partial charge in [0.15, 0.2) is 5.78 Å². The van der Waals surface area contributed by atoms with E-state index < -0.39 is 0 Å². The lowest BCUT2D eigenvalue weighted by molar-refractivity contribution is 0.101. The number of hydrogen-bond donors (Lipinski definition) is 0. The number of carbonyl (C=O) groups excluding carboxylic acids is 1. The van der Waals surface area contributed by atoms with Gasteiger partial charge in [-0.15, -0.1) is 0 Å². The maximum atomic E-state index is 11.8. The molecule has 0 aliphatic heterocycles. The van der Waals surface area contributed by atoms with Crippen LogP contribution >= 0.6 is 0 Å². The summed E-state index contributed by atoms with van der Waals surface area (Å²) in [7, 11) is 0. The minimum absolute atomic E-state index is 0.0999. The van der Waals surface area contributed by atoms with Gasteiger partial charge in [-0.2, -0.15) is 0 Å². The lowest BCUT2D eigenvalue weighted by Crippen LogP contribution is -2.19. The van der Waals surface area contributed by atoms with Crippen LogP contribution in [-0.4, -0.2) is 5.78 Å². The maximum absolute atomic E-state index is 11.8. The van der Waals surface area contributed by atoms with E-state index in [1.54, 1.807) is 18.1 Å².